The first-order chi connectivity index (χ1) is 10.6. The molecule has 0 fully saturated rings. The zero-order valence-corrected chi connectivity index (χ0v) is 12.9. The number of hydrazone groups is 1. The Morgan fingerprint density at radius 1 is 1.09 bits per heavy atom. The third-order valence-corrected chi connectivity index (χ3v) is 3.09. The Balaban J connectivity index is 1.92. The van der Waals surface area contributed by atoms with Crippen LogP contribution in [-0.2, 0) is 9.59 Å². The lowest BCUT2D eigenvalue weighted by molar-refractivity contribution is -0.136. The molecule has 0 radical (unpaired) electrons. The number of nitrogens with zero attached hydrogens (tertiary/aromatic N) is 1. The second kappa shape index (κ2) is 7.37. The van der Waals surface area contributed by atoms with Gasteiger partial charge in [-0.3, -0.25) is 9.59 Å². The maximum Gasteiger partial charge on any atom is 0.329 e. The first-order valence-corrected chi connectivity index (χ1v) is 7.03. The summed E-state index contributed by atoms with van der Waals surface area (Å²) >= 11 is 3.26. The van der Waals surface area contributed by atoms with Gasteiger partial charge in [0.25, 0.3) is 0 Å². The van der Waals surface area contributed by atoms with E-state index in [2.05, 4.69) is 31.8 Å². The van der Waals surface area contributed by atoms with Crippen molar-refractivity contribution in [2.75, 3.05) is 5.32 Å². The zero-order chi connectivity index (χ0) is 15.9. The molecule has 7 heteroatoms. The molecule has 2 aromatic rings. The molecule has 2 rings (SSSR count). The molecule has 0 aliphatic heterocycles. The van der Waals surface area contributed by atoms with Gasteiger partial charge in [0.2, 0.25) is 0 Å². The number of aromatic hydroxyl groups is 1. The van der Waals surface area contributed by atoms with E-state index in [9.17, 15) is 14.7 Å². The van der Waals surface area contributed by atoms with E-state index in [1.807, 2.05) is 0 Å². The van der Waals surface area contributed by atoms with Crippen molar-refractivity contribution in [1.82, 2.24) is 5.43 Å². The Morgan fingerprint density at radius 3 is 2.59 bits per heavy atom. The molecular formula is C15H12BrN3O3. The van der Waals surface area contributed by atoms with Crippen molar-refractivity contribution in [3.63, 3.8) is 0 Å². The van der Waals surface area contributed by atoms with Gasteiger partial charge in [-0.2, -0.15) is 5.10 Å². The van der Waals surface area contributed by atoms with E-state index in [0.29, 0.717) is 11.3 Å². The van der Waals surface area contributed by atoms with Crippen molar-refractivity contribution in [1.29, 1.82) is 0 Å². The van der Waals surface area contributed by atoms with Gasteiger partial charge in [-0.25, -0.2) is 5.43 Å². The number of amides is 2. The van der Waals surface area contributed by atoms with Crippen LogP contribution in [-0.4, -0.2) is 23.1 Å². The van der Waals surface area contributed by atoms with E-state index < -0.39 is 11.8 Å². The van der Waals surface area contributed by atoms with Crippen molar-refractivity contribution < 1.29 is 14.7 Å². The Hall–Kier alpha value is -2.67. The van der Waals surface area contributed by atoms with Crippen molar-refractivity contribution in [3.8, 4) is 5.75 Å². The number of carbonyl (C=O) groups excluding carboxylic acids is 2. The van der Waals surface area contributed by atoms with E-state index in [0.717, 1.165) is 4.47 Å². The first-order valence-electron chi connectivity index (χ1n) is 6.24. The highest BCUT2D eigenvalue weighted by molar-refractivity contribution is 9.10. The molecule has 0 aliphatic rings. The summed E-state index contributed by atoms with van der Waals surface area (Å²) in [6.07, 6.45) is 1.25. The van der Waals surface area contributed by atoms with Gasteiger partial charge in [0.15, 0.2) is 0 Å². The fourth-order valence-electron chi connectivity index (χ4n) is 1.56. The van der Waals surface area contributed by atoms with Gasteiger partial charge in [0.1, 0.15) is 5.75 Å². The normalized spacial score (nSPS) is 10.4. The number of hydrogen-bond acceptors (Lipinski definition) is 4. The van der Waals surface area contributed by atoms with Crippen LogP contribution in [0.15, 0.2) is 58.1 Å². The topological polar surface area (TPSA) is 90.8 Å². The highest BCUT2D eigenvalue weighted by Crippen LogP contribution is 2.15. The minimum Gasteiger partial charge on any atom is -0.507 e. The molecule has 0 atom stereocenters. The summed E-state index contributed by atoms with van der Waals surface area (Å²) in [5.74, 6) is -1.72. The van der Waals surface area contributed by atoms with Crippen LogP contribution in [0.1, 0.15) is 5.56 Å². The Morgan fingerprint density at radius 2 is 1.86 bits per heavy atom. The maximum atomic E-state index is 11.7. The third kappa shape index (κ3) is 4.42. The molecule has 0 unspecified atom stereocenters. The summed E-state index contributed by atoms with van der Waals surface area (Å²) in [5, 5.41) is 15.6. The predicted molar refractivity (Wildman–Crippen MR) is 86.6 cm³/mol. The number of hydrogen-bond donors (Lipinski definition) is 3. The molecular weight excluding hydrogens is 350 g/mol. The van der Waals surface area contributed by atoms with E-state index >= 15 is 0 Å². The van der Waals surface area contributed by atoms with Crippen molar-refractivity contribution >= 4 is 39.6 Å². The molecule has 6 nitrogen and oxygen atoms in total. The monoisotopic (exact) mass is 361 g/mol. The van der Waals surface area contributed by atoms with Gasteiger partial charge in [-0.15, -0.1) is 0 Å². The lowest BCUT2D eigenvalue weighted by Crippen LogP contribution is -2.32. The van der Waals surface area contributed by atoms with Gasteiger partial charge in [-0.05, 0) is 30.3 Å². The van der Waals surface area contributed by atoms with Crippen LogP contribution in [0.5, 0.6) is 5.75 Å². The van der Waals surface area contributed by atoms with Gasteiger partial charge < -0.3 is 10.4 Å². The minimum atomic E-state index is -0.911. The Bertz CT molecular complexity index is 731. The number of phenolic OH excluding ortho intramolecular Hbond substituents is 1. The van der Waals surface area contributed by atoms with Gasteiger partial charge in [0, 0.05) is 15.7 Å². The summed E-state index contributed by atoms with van der Waals surface area (Å²) < 4.78 is 0.781. The zero-order valence-electron chi connectivity index (χ0n) is 11.3. The summed E-state index contributed by atoms with van der Waals surface area (Å²) in [4.78, 5) is 23.3. The van der Waals surface area contributed by atoms with Crippen LogP contribution in [0.3, 0.4) is 0 Å². The Labute approximate surface area is 135 Å². The first kappa shape index (κ1) is 15.7. The molecule has 3 N–H and O–H groups in total. The summed E-state index contributed by atoms with van der Waals surface area (Å²) in [6, 6.07) is 13.3. The van der Waals surface area contributed by atoms with Crippen LogP contribution < -0.4 is 10.7 Å². The Kier molecular flexibility index (Phi) is 5.26. The van der Waals surface area contributed by atoms with E-state index in [1.165, 1.54) is 12.3 Å². The fourth-order valence-corrected chi connectivity index (χ4v) is 1.96. The molecule has 0 heterocycles. The predicted octanol–water partition coefficient (Wildman–Crippen LogP) is 2.24. The SMILES string of the molecule is O=C(N/N=C\c1ccccc1O)C(=O)Nc1cccc(Br)c1. The van der Waals surface area contributed by atoms with Crippen molar-refractivity contribution in [2.45, 2.75) is 0 Å². The molecule has 0 saturated heterocycles. The molecule has 22 heavy (non-hydrogen) atoms. The van der Waals surface area contributed by atoms with Crippen LogP contribution in [0.4, 0.5) is 5.69 Å². The van der Waals surface area contributed by atoms with Crippen molar-refractivity contribution in [3.05, 3.63) is 58.6 Å². The fraction of sp³-hybridized carbons (Fsp3) is 0. The highest BCUT2D eigenvalue weighted by Gasteiger charge is 2.12. The highest BCUT2D eigenvalue weighted by atomic mass is 79.9. The third-order valence-electron chi connectivity index (χ3n) is 2.60. The molecule has 0 bridgehead atoms. The second-order valence-electron chi connectivity index (χ2n) is 4.22. The van der Waals surface area contributed by atoms with Gasteiger partial charge >= 0.3 is 11.8 Å². The average molecular weight is 362 g/mol. The molecule has 0 saturated carbocycles. The van der Waals surface area contributed by atoms with Gasteiger partial charge in [0.05, 0.1) is 6.21 Å². The molecule has 2 aromatic carbocycles. The van der Waals surface area contributed by atoms with Crippen LogP contribution >= 0.6 is 15.9 Å². The van der Waals surface area contributed by atoms with Crippen LogP contribution in [0, 0.1) is 0 Å². The molecule has 2 amide bonds. The number of benzene rings is 2. The number of para-hydroxylation sites is 1. The lowest BCUT2D eigenvalue weighted by Gasteiger charge is -2.04. The van der Waals surface area contributed by atoms with Crippen LogP contribution in [0.2, 0.25) is 0 Å². The molecule has 112 valence electrons. The van der Waals surface area contributed by atoms with Gasteiger partial charge in [-0.1, -0.05) is 34.1 Å². The lowest BCUT2D eigenvalue weighted by atomic mass is 10.2. The smallest absolute Gasteiger partial charge is 0.329 e. The number of carbonyl (C=O) groups is 2. The summed E-state index contributed by atoms with van der Waals surface area (Å²) in [6.45, 7) is 0. The maximum absolute atomic E-state index is 11.7. The quantitative estimate of drug-likeness (QED) is 0.444. The van der Waals surface area contributed by atoms with Crippen molar-refractivity contribution in [2.24, 2.45) is 5.10 Å². The molecule has 0 aliphatic carbocycles. The summed E-state index contributed by atoms with van der Waals surface area (Å²) in [7, 11) is 0. The second-order valence-corrected chi connectivity index (χ2v) is 5.14. The number of rotatable bonds is 3. The number of nitrogens with one attached hydrogen (secondary N) is 2. The largest absolute Gasteiger partial charge is 0.507 e. The number of anilines is 1. The standard InChI is InChI=1S/C15H12BrN3O3/c16-11-5-3-6-12(8-11)18-14(21)15(22)19-17-9-10-4-1-2-7-13(10)20/h1-9,20H,(H,18,21)(H,19,22)/b17-9-. The van der Waals surface area contributed by atoms with Crippen LogP contribution in [0.25, 0.3) is 0 Å². The number of phenols is 1. The van der Waals surface area contributed by atoms with E-state index in [1.54, 1.807) is 42.5 Å². The summed E-state index contributed by atoms with van der Waals surface area (Å²) in [5.41, 5.74) is 3.00. The molecule has 0 aromatic heterocycles. The molecule has 0 spiro atoms. The number of halogens is 1. The average Bonchev–Trinajstić information content (AvgIpc) is 2.49. The minimum absolute atomic E-state index is 0.0269. The van der Waals surface area contributed by atoms with E-state index in [-0.39, 0.29) is 5.75 Å². The van der Waals surface area contributed by atoms with E-state index in [4.69, 9.17) is 0 Å².